The number of aliphatic carboxylic acids is 1. The number of likely N-dealkylation sites (N-methyl/N-ethyl adjacent to an activating group) is 1. The number of carboxylic acids is 1. The van der Waals surface area contributed by atoms with E-state index in [2.05, 4.69) is 10.6 Å². The molecule has 2 saturated carbocycles. The number of rotatable bonds is 18. The van der Waals surface area contributed by atoms with Crippen LogP contribution in [0.25, 0.3) is 0 Å². The first-order chi connectivity index (χ1) is 34.6. The maximum absolute atomic E-state index is 16.0. The zero-order valence-electron chi connectivity index (χ0n) is 42.1. The summed E-state index contributed by atoms with van der Waals surface area (Å²) in [7, 11) is 4.11. The van der Waals surface area contributed by atoms with Crippen molar-refractivity contribution in [1.82, 2.24) is 10.6 Å². The molecule has 0 aromatic heterocycles. The van der Waals surface area contributed by atoms with E-state index in [0.29, 0.717) is 22.3 Å². The van der Waals surface area contributed by atoms with Crippen molar-refractivity contribution in [3.8, 4) is 0 Å². The van der Waals surface area contributed by atoms with E-state index >= 15 is 4.79 Å². The predicted molar refractivity (Wildman–Crippen MR) is 270 cm³/mol. The van der Waals surface area contributed by atoms with Crippen LogP contribution in [0, 0.1) is 28.6 Å². The molecule has 4 N–H and O–H groups in total. The summed E-state index contributed by atoms with van der Waals surface area (Å²) in [5.41, 5.74) is -5.33. The molecule has 19 heteroatoms. The van der Waals surface area contributed by atoms with Gasteiger partial charge in [0.2, 0.25) is 0 Å². The van der Waals surface area contributed by atoms with Gasteiger partial charge in [0.15, 0.2) is 5.60 Å². The maximum Gasteiger partial charge on any atom is 0.508 e. The molecule has 17 nitrogen and oxygen atoms in total. The fourth-order valence-electron chi connectivity index (χ4n) is 11.5. The number of esters is 3. The van der Waals surface area contributed by atoms with Crippen LogP contribution in [0.1, 0.15) is 93.6 Å². The fourth-order valence-corrected chi connectivity index (χ4v) is 13.6. The zero-order chi connectivity index (χ0) is 53.0. The molecule has 7 rings (SSSR count). The Bertz CT molecular complexity index is 2580. The number of carbonyl (C=O) groups is 7. The number of Topliss-reactive ketones (excluding diaryl/α,β-unsaturated/α-hetero) is 1. The van der Waals surface area contributed by atoms with Crippen LogP contribution >= 0.6 is 21.6 Å². The largest absolute Gasteiger partial charge is 0.508 e. The molecule has 0 radical (unpaired) electrons. The highest BCUT2D eigenvalue weighted by atomic mass is 33.1. The van der Waals surface area contributed by atoms with Gasteiger partial charge in [0.25, 0.3) is 5.91 Å². The van der Waals surface area contributed by atoms with Gasteiger partial charge in [0, 0.05) is 48.2 Å². The highest BCUT2D eigenvalue weighted by Gasteiger charge is 2.78. The van der Waals surface area contributed by atoms with Gasteiger partial charge in [-0.25, -0.2) is 9.59 Å². The third-order valence-corrected chi connectivity index (χ3v) is 17.8. The van der Waals surface area contributed by atoms with E-state index < -0.39 is 118 Å². The van der Waals surface area contributed by atoms with Crippen LogP contribution in [0.4, 0.5) is 4.79 Å². The Hall–Kier alpha value is -5.73. The molecule has 1 amide bonds. The van der Waals surface area contributed by atoms with Crippen molar-refractivity contribution in [2.75, 3.05) is 31.8 Å². The first kappa shape index (κ1) is 55.0. The molecule has 1 saturated heterocycles. The van der Waals surface area contributed by atoms with Gasteiger partial charge in [-0.3, -0.25) is 24.0 Å². The van der Waals surface area contributed by atoms with Gasteiger partial charge in [-0.05, 0) is 68.8 Å². The molecule has 2 bridgehead atoms. The molecule has 12 atom stereocenters. The number of carboxylic acid groups (broad SMARTS) is 1. The van der Waals surface area contributed by atoms with Crippen molar-refractivity contribution >= 4 is 63.3 Å². The SMILES string of the molecule is CN[C@@H](CSSCCOC(=O)O[C@H]1C[C@H]2OC[C@@]2(OC(C)=O)C2[C@H](OC(=O)c3ccccc3)[C@]3(O)C[C@H](OC(=O)[C@H](C)[C@@H](NC(=O)c4ccccc4)c4ccccc4)C(C)=C([C@@H](C)C(=O)[C@@]21C)C3(C)C)C(=O)O. The summed E-state index contributed by atoms with van der Waals surface area (Å²) in [4.78, 5) is 97.4. The van der Waals surface area contributed by atoms with Crippen molar-refractivity contribution in [3.63, 3.8) is 0 Å². The number of amides is 1. The molecule has 73 heavy (non-hydrogen) atoms. The van der Waals surface area contributed by atoms with E-state index in [0.717, 1.165) is 0 Å². The fraction of sp³-hybridized carbons (Fsp3) is 0.500. The van der Waals surface area contributed by atoms with Gasteiger partial charge in [-0.1, -0.05) is 109 Å². The van der Waals surface area contributed by atoms with E-state index in [1.807, 2.05) is 6.07 Å². The summed E-state index contributed by atoms with van der Waals surface area (Å²) in [6, 6.07) is 23.9. The first-order valence-electron chi connectivity index (χ1n) is 24.3. The summed E-state index contributed by atoms with van der Waals surface area (Å²) in [5.74, 6) is -7.34. The highest BCUT2D eigenvalue weighted by Crippen LogP contribution is 2.65. The lowest BCUT2D eigenvalue weighted by Gasteiger charge is -2.67. The minimum atomic E-state index is -2.24. The van der Waals surface area contributed by atoms with Gasteiger partial charge in [-0.2, -0.15) is 0 Å². The predicted octanol–water partition coefficient (Wildman–Crippen LogP) is 6.93. The minimum absolute atomic E-state index is 0.104. The average Bonchev–Trinajstić information content (AvgIpc) is 3.36. The second-order valence-electron chi connectivity index (χ2n) is 19.9. The number of ether oxygens (including phenoxy) is 6. The Kier molecular flexibility index (Phi) is 16.9. The van der Waals surface area contributed by atoms with Crippen LogP contribution in [-0.2, 0) is 47.6 Å². The van der Waals surface area contributed by atoms with Gasteiger partial charge >= 0.3 is 30.0 Å². The molecule has 1 unspecified atom stereocenters. The van der Waals surface area contributed by atoms with Crippen LogP contribution in [0.2, 0.25) is 0 Å². The monoisotopic (exact) mass is 1040 g/mol. The standard InChI is InChI=1S/C54H64N2O15S2/c1-30-38(68-48(62)32(3)42(34-18-12-9-13-19-34)56-46(59)35-20-14-10-15-21-35)27-54(65)45(70-49(63)36-22-16-11-17-23-36)43-52(7,44(58)31(2)41(30)51(54,5)6)39(26-40-53(43,29-67-40)71-33(4)57)69-50(64)66-24-25-72-73-28-37(55-8)47(60)61/h9-23,31-32,37-40,42-43,45,55,65H,24-29H2,1-8H3,(H,56,59)(H,60,61)/t31-,32-,37+,38+,39+,40-,42-,43?,45+,52-,53+,54-/m1/s1. The van der Waals surface area contributed by atoms with Crippen molar-refractivity contribution in [3.05, 3.63) is 119 Å². The number of aliphatic hydroxyl groups is 1. The summed E-state index contributed by atoms with van der Waals surface area (Å²) >= 11 is 0. The molecule has 3 aliphatic carbocycles. The molecular weight excluding hydrogens is 981 g/mol. The maximum atomic E-state index is 16.0. The van der Waals surface area contributed by atoms with Crippen LogP contribution in [0.15, 0.2) is 102 Å². The van der Waals surface area contributed by atoms with Gasteiger partial charge in [0.05, 0.1) is 35.5 Å². The number of fused-ring (bicyclic) bond motifs is 5. The Morgan fingerprint density at radius 3 is 2.07 bits per heavy atom. The molecule has 3 aromatic carbocycles. The summed E-state index contributed by atoms with van der Waals surface area (Å²) in [6.07, 6.45) is -7.03. The van der Waals surface area contributed by atoms with Crippen LogP contribution in [0.5, 0.6) is 0 Å². The number of benzene rings is 3. The first-order valence-corrected chi connectivity index (χ1v) is 26.7. The van der Waals surface area contributed by atoms with Crippen molar-refractivity contribution < 1.29 is 72.2 Å². The molecule has 3 fully saturated rings. The van der Waals surface area contributed by atoms with Gasteiger partial charge in [0.1, 0.15) is 48.4 Å². The number of hydrogen-bond donors (Lipinski definition) is 4. The zero-order valence-corrected chi connectivity index (χ0v) is 43.8. The summed E-state index contributed by atoms with van der Waals surface area (Å²) in [6.45, 7) is 10.8. The third-order valence-electron chi connectivity index (χ3n) is 15.4. The second kappa shape index (κ2) is 22.4. The third kappa shape index (κ3) is 10.7. The number of hydrogen-bond acceptors (Lipinski definition) is 17. The molecule has 392 valence electrons. The van der Waals surface area contributed by atoms with Crippen molar-refractivity contribution in [1.29, 1.82) is 0 Å². The van der Waals surface area contributed by atoms with E-state index in [1.165, 1.54) is 40.6 Å². The van der Waals surface area contributed by atoms with Crippen LogP contribution in [-0.4, -0.2) is 125 Å². The lowest BCUT2D eigenvalue weighted by atomic mass is 9.43. The molecule has 0 spiro atoms. The van der Waals surface area contributed by atoms with Gasteiger partial charge in [-0.15, -0.1) is 0 Å². The molecular formula is C54H64N2O15S2. The molecule has 1 heterocycles. The van der Waals surface area contributed by atoms with E-state index in [4.69, 9.17) is 28.4 Å². The topological polar surface area (TPSA) is 239 Å². The van der Waals surface area contributed by atoms with E-state index in [9.17, 15) is 39.0 Å². The smallest absolute Gasteiger partial charge is 0.480 e. The number of ketones is 1. The summed E-state index contributed by atoms with van der Waals surface area (Å²) in [5, 5.41) is 29.1. The van der Waals surface area contributed by atoms with Gasteiger partial charge < -0.3 is 49.3 Å². The van der Waals surface area contributed by atoms with Crippen molar-refractivity contribution in [2.24, 2.45) is 28.6 Å². The highest BCUT2D eigenvalue weighted by molar-refractivity contribution is 8.76. The van der Waals surface area contributed by atoms with E-state index in [-0.39, 0.29) is 43.1 Å². The Labute approximate surface area is 432 Å². The quantitative estimate of drug-likeness (QED) is 0.0332. The minimum Gasteiger partial charge on any atom is -0.480 e. The summed E-state index contributed by atoms with van der Waals surface area (Å²) < 4.78 is 37.1. The molecule has 3 aromatic rings. The Morgan fingerprint density at radius 1 is 0.877 bits per heavy atom. The van der Waals surface area contributed by atoms with Crippen LogP contribution in [0.3, 0.4) is 0 Å². The lowest BCUT2D eigenvalue weighted by Crippen LogP contribution is -2.81. The Balaban J connectivity index is 1.29. The lowest BCUT2D eigenvalue weighted by molar-refractivity contribution is -0.345. The Morgan fingerprint density at radius 2 is 1.49 bits per heavy atom. The average molecular weight is 1050 g/mol. The van der Waals surface area contributed by atoms with Crippen LogP contribution < -0.4 is 10.6 Å². The van der Waals surface area contributed by atoms with Crippen molar-refractivity contribution in [2.45, 2.75) is 109 Å². The molecule has 1 aliphatic heterocycles. The number of carbonyl (C=O) groups excluding carboxylic acids is 6. The second-order valence-corrected chi connectivity index (χ2v) is 22.5. The number of nitrogens with one attached hydrogen (secondary N) is 2. The normalized spacial score (nSPS) is 29.2. The van der Waals surface area contributed by atoms with E-state index in [1.54, 1.807) is 121 Å². The molecule has 4 aliphatic rings.